The lowest BCUT2D eigenvalue weighted by Gasteiger charge is -2.10. The molecule has 0 amide bonds. The fourth-order valence-electron chi connectivity index (χ4n) is 1.61. The highest BCUT2D eigenvalue weighted by atomic mass is 19.3. The first-order chi connectivity index (χ1) is 9.11. The van der Waals surface area contributed by atoms with Gasteiger partial charge >= 0.3 is 6.55 Å². The van der Waals surface area contributed by atoms with E-state index in [1.165, 1.54) is 37.7 Å². The molecule has 0 atom stereocenters. The summed E-state index contributed by atoms with van der Waals surface area (Å²) in [7, 11) is 1.35. The van der Waals surface area contributed by atoms with Crippen LogP contribution in [0.4, 0.5) is 18.9 Å². The van der Waals surface area contributed by atoms with Crippen molar-refractivity contribution in [2.75, 3.05) is 12.4 Å². The Bertz CT molecular complexity index is 557. The quantitative estimate of drug-likeness (QED) is 0.908. The summed E-state index contributed by atoms with van der Waals surface area (Å²) in [4.78, 5) is 3.83. The molecule has 4 nitrogen and oxygen atoms in total. The number of hydrogen-bond acceptors (Lipinski definition) is 3. The number of methoxy groups -OCH3 is 1. The van der Waals surface area contributed by atoms with Crippen LogP contribution >= 0.6 is 0 Å². The van der Waals surface area contributed by atoms with Crippen molar-refractivity contribution in [2.45, 2.75) is 13.1 Å². The van der Waals surface area contributed by atoms with Crippen molar-refractivity contribution in [3.05, 3.63) is 42.2 Å². The molecule has 0 fully saturated rings. The van der Waals surface area contributed by atoms with Gasteiger partial charge in [-0.15, -0.1) is 0 Å². The van der Waals surface area contributed by atoms with E-state index in [9.17, 15) is 13.2 Å². The van der Waals surface area contributed by atoms with Crippen LogP contribution in [0.5, 0.6) is 5.75 Å². The lowest BCUT2D eigenvalue weighted by atomic mass is 10.3. The van der Waals surface area contributed by atoms with E-state index in [0.29, 0.717) is 5.69 Å². The summed E-state index contributed by atoms with van der Waals surface area (Å²) < 4.78 is 43.9. The van der Waals surface area contributed by atoms with Gasteiger partial charge < -0.3 is 10.1 Å². The van der Waals surface area contributed by atoms with E-state index in [2.05, 4.69) is 10.3 Å². The van der Waals surface area contributed by atoms with E-state index in [0.717, 1.165) is 4.57 Å². The lowest BCUT2D eigenvalue weighted by Crippen LogP contribution is -2.09. The van der Waals surface area contributed by atoms with Crippen molar-refractivity contribution < 1.29 is 17.9 Å². The van der Waals surface area contributed by atoms with E-state index in [1.807, 2.05) is 0 Å². The van der Waals surface area contributed by atoms with Gasteiger partial charge in [0.05, 0.1) is 13.7 Å². The predicted octanol–water partition coefficient (Wildman–Crippen LogP) is 3.04. The first kappa shape index (κ1) is 13.3. The summed E-state index contributed by atoms with van der Waals surface area (Å²) in [6, 6.07) is 4.18. The molecular weight excluding hydrogens is 259 g/mol. The molecule has 0 radical (unpaired) electrons. The average molecular weight is 271 g/mol. The Morgan fingerprint density at radius 2 is 2.21 bits per heavy atom. The standard InChI is InChI=1S/C12H12F3N3O/c1-19-10-6-8(2-3-9(10)13)17-7-11-16-4-5-18(11)12(14)15/h2-6,12,17H,7H2,1H3. The van der Waals surface area contributed by atoms with Gasteiger partial charge in [-0.05, 0) is 12.1 Å². The summed E-state index contributed by atoms with van der Waals surface area (Å²) in [5.74, 6) is -0.206. The molecule has 1 aromatic carbocycles. The van der Waals surface area contributed by atoms with Crippen LogP contribution in [-0.2, 0) is 6.54 Å². The van der Waals surface area contributed by atoms with Crippen molar-refractivity contribution >= 4 is 5.69 Å². The molecule has 19 heavy (non-hydrogen) atoms. The minimum atomic E-state index is -2.64. The van der Waals surface area contributed by atoms with Gasteiger partial charge in [0, 0.05) is 24.1 Å². The summed E-state index contributed by atoms with van der Waals surface area (Å²) in [6.07, 6.45) is 2.50. The topological polar surface area (TPSA) is 39.1 Å². The SMILES string of the molecule is COc1cc(NCc2nccn2C(F)F)ccc1F. The fraction of sp³-hybridized carbons (Fsp3) is 0.250. The molecule has 1 heterocycles. The second-order valence-electron chi connectivity index (χ2n) is 3.73. The number of halogens is 3. The number of hydrogen-bond donors (Lipinski definition) is 1. The monoisotopic (exact) mass is 271 g/mol. The van der Waals surface area contributed by atoms with E-state index in [-0.39, 0.29) is 18.1 Å². The van der Waals surface area contributed by atoms with Crippen molar-refractivity contribution in [2.24, 2.45) is 0 Å². The minimum Gasteiger partial charge on any atom is -0.494 e. The van der Waals surface area contributed by atoms with Gasteiger partial charge in [-0.2, -0.15) is 8.78 Å². The molecule has 0 saturated carbocycles. The number of nitrogens with one attached hydrogen (secondary N) is 1. The zero-order valence-corrected chi connectivity index (χ0v) is 10.1. The molecule has 0 aliphatic carbocycles. The Kier molecular flexibility index (Phi) is 3.94. The van der Waals surface area contributed by atoms with Gasteiger partial charge in [0.2, 0.25) is 0 Å². The zero-order chi connectivity index (χ0) is 13.8. The maximum atomic E-state index is 13.2. The molecule has 0 unspecified atom stereocenters. The number of rotatable bonds is 5. The molecule has 7 heteroatoms. The van der Waals surface area contributed by atoms with Crippen LogP contribution in [0, 0.1) is 5.82 Å². The minimum absolute atomic E-state index is 0.0854. The normalized spacial score (nSPS) is 10.8. The number of aromatic nitrogens is 2. The van der Waals surface area contributed by atoms with Gasteiger partial charge in [-0.25, -0.2) is 9.37 Å². The van der Waals surface area contributed by atoms with E-state index in [4.69, 9.17) is 4.74 Å². The zero-order valence-electron chi connectivity index (χ0n) is 10.1. The van der Waals surface area contributed by atoms with E-state index >= 15 is 0 Å². The highest BCUT2D eigenvalue weighted by Crippen LogP contribution is 2.22. The molecule has 2 rings (SSSR count). The number of anilines is 1. The Balaban J connectivity index is 2.08. The Hall–Kier alpha value is -2.18. The van der Waals surface area contributed by atoms with Crippen LogP contribution in [0.2, 0.25) is 0 Å². The van der Waals surface area contributed by atoms with Gasteiger partial charge in [0.25, 0.3) is 0 Å². The third kappa shape index (κ3) is 2.98. The average Bonchev–Trinajstić information content (AvgIpc) is 2.86. The Morgan fingerprint density at radius 1 is 1.42 bits per heavy atom. The molecule has 0 bridgehead atoms. The van der Waals surface area contributed by atoms with Crippen molar-refractivity contribution in [1.82, 2.24) is 9.55 Å². The van der Waals surface area contributed by atoms with E-state index < -0.39 is 12.4 Å². The smallest absolute Gasteiger partial charge is 0.319 e. The maximum Gasteiger partial charge on any atom is 0.319 e. The number of ether oxygens (including phenoxy) is 1. The Labute approximate surface area is 107 Å². The molecule has 1 aromatic heterocycles. The van der Waals surface area contributed by atoms with Gasteiger partial charge in [-0.1, -0.05) is 0 Å². The third-order valence-electron chi connectivity index (χ3n) is 2.56. The summed E-state index contributed by atoms with van der Waals surface area (Å²) in [5.41, 5.74) is 0.557. The number of imidazole rings is 1. The molecule has 2 aromatic rings. The molecule has 0 aliphatic heterocycles. The molecule has 0 saturated heterocycles. The maximum absolute atomic E-state index is 13.2. The first-order valence-corrected chi connectivity index (χ1v) is 5.49. The highest BCUT2D eigenvalue weighted by molar-refractivity contribution is 5.48. The number of benzene rings is 1. The van der Waals surface area contributed by atoms with Crippen LogP contribution in [-0.4, -0.2) is 16.7 Å². The summed E-state index contributed by atoms with van der Waals surface area (Å²) in [5, 5.41) is 2.88. The van der Waals surface area contributed by atoms with E-state index in [1.54, 1.807) is 0 Å². The van der Waals surface area contributed by atoms with Crippen LogP contribution in [0.1, 0.15) is 12.4 Å². The third-order valence-corrected chi connectivity index (χ3v) is 2.56. The van der Waals surface area contributed by atoms with Gasteiger partial charge in [-0.3, -0.25) is 4.57 Å². The fourth-order valence-corrected chi connectivity index (χ4v) is 1.61. The van der Waals surface area contributed by atoms with Crippen LogP contribution < -0.4 is 10.1 Å². The predicted molar refractivity (Wildman–Crippen MR) is 63.8 cm³/mol. The van der Waals surface area contributed by atoms with Gasteiger partial charge in [0.1, 0.15) is 5.82 Å². The summed E-state index contributed by atoms with van der Waals surface area (Å²) >= 11 is 0. The second-order valence-corrected chi connectivity index (χ2v) is 3.73. The second kappa shape index (κ2) is 5.64. The first-order valence-electron chi connectivity index (χ1n) is 5.49. The van der Waals surface area contributed by atoms with Crippen molar-refractivity contribution in [3.63, 3.8) is 0 Å². The number of alkyl halides is 2. The van der Waals surface area contributed by atoms with Crippen molar-refractivity contribution in [3.8, 4) is 5.75 Å². The van der Waals surface area contributed by atoms with Crippen LogP contribution in [0.25, 0.3) is 0 Å². The molecule has 1 N–H and O–H groups in total. The molecule has 0 aliphatic rings. The van der Waals surface area contributed by atoms with Crippen molar-refractivity contribution in [1.29, 1.82) is 0 Å². The Morgan fingerprint density at radius 3 is 2.89 bits per heavy atom. The van der Waals surface area contributed by atoms with Crippen LogP contribution in [0.15, 0.2) is 30.6 Å². The lowest BCUT2D eigenvalue weighted by molar-refractivity contribution is 0.0673. The van der Waals surface area contributed by atoms with Gasteiger partial charge in [0.15, 0.2) is 11.6 Å². The molecule has 0 spiro atoms. The molecular formula is C12H12F3N3O. The molecule has 102 valence electrons. The summed E-state index contributed by atoms with van der Waals surface area (Å²) in [6.45, 7) is -2.53. The van der Waals surface area contributed by atoms with Crippen LogP contribution in [0.3, 0.4) is 0 Å². The largest absolute Gasteiger partial charge is 0.494 e. The number of nitrogens with zero attached hydrogens (tertiary/aromatic N) is 2. The highest BCUT2D eigenvalue weighted by Gasteiger charge is 2.11.